The maximum atomic E-state index is 13.0. The van der Waals surface area contributed by atoms with Crippen molar-refractivity contribution < 1.29 is 33.7 Å². The smallest absolute Gasteiger partial charge is 0.340 e. The van der Waals surface area contributed by atoms with E-state index >= 15 is 0 Å². The van der Waals surface area contributed by atoms with Crippen molar-refractivity contribution in [3.8, 4) is 5.75 Å². The zero-order chi connectivity index (χ0) is 30.9. The summed E-state index contributed by atoms with van der Waals surface area (Å²) in [6, 6.07) is 14.1. The summed E-state index contributed by atoms with van der Waals surface area (Å²) in [6.07, 6.45) is 0.507. The van der Waals surface area contributed by atoms with E-state index < -0.39 is 12.3 Å². The fourth-order valence-electron chi connectivity index (χ4n) is 4.71. The van der Waals surface area contributed by atoms with Gasteiger partial charge in [-0.05, 0) is 48.9 Å². The van der Waals surface area contributed by atoms with E-state index in [2.05, 4.69) is 15.6 Å². The Kier molecular flexibility index (Phi) is 10.9. The van der Waals surface area contributed by atoms with E-state index in [9.17, 15) is 19.5 Å². The van der Waals surface area contributed by atoms with Gasteiger partial charge in [0.25, 0.3) is 5.91 Å². The summed E-state index contributed by atoms with van der Waals surface area (Å²) >= 11 is 6.11. The number of halogens is 1. The Morgan fingerprint density at radius 2 is 1.93 bits per heavy atom. The Labute approximate surface area is 254 Å². The van der Waals surface area contributed by atoms with Crippen molar-refractivity contribution in [1.82, 2.24) is 15.2 Å². The van der Waals surface area contributed by atoms with Crippen LogP contribution >= 0.6 is 11.6 Å². The number of hydrogen-bond acceptors (Lipinski definition) is 10. The number of nitrogen functional groups attached to an aromatic ring is 1. The van der Waals surface area contributed by atoms with Crippen molar-refractivity contribution in [3.63, 3.8) is 0 Å². The fraction of sp³-hybridized carbons (Fsp3) is 0.333. The monoisotopic (exact) mass is 611 g/mol. The lowest BCUT2D eigenvalue weighted by Crippen LogP contribution is -2.55. The van der Waals surface area contributed by atoms with Crippen molar-refractivity contribution in [2.45, 2.75) is 31.3 Å². The van der Waals surface area contributed by atoms with Gasteiger partial charge in [-0.15, -0.1) is 0 Å². The number of aliphatic hydroxyl groups excluding tert-OH is 1. The van der Waals surface area contributed by atoms with E-state index in [0.29, 0.717) is 42.3 Å². The lowest BCUT2D eigenvalue weighted by atomic mass is 10.0. The molecule has 5 N–H and O–H groups in total. The number of anilines is 2. The minimum absolute atomic E-state index is 0.0699. The van der Waals surface area contributed by atoms with Crippen LogP contribution in [0.3, 0.4) is 0 Å². The lowest BCUT2D eigenvalue weighted by molar-refractivity contribution is -0.118. The fourth-order valence-corrected chi connectivity index (χ4v) is 4.88. The van der Waals surface area contributed by atoms with Crippen LogP contribution in [0.4, 0.5) is 11.4 Å². The number of amides is 2. The minimum atomic E-state index is -1.34. The average molecular weight is 612 g/mol. The molecule has 1 aliphatic rings. The molecule has 0 aliphatic carbocycles. The van der Waals surface area contributed by atoms with Crippen molar-refractivity contribution in [2.75, 3.05) is 44.9 Å². The summed E-state index contributed by atoms with van der Waals surface area (Å²) in [7, 11) is 3.00. The van der Waals surface area contributed by atoms with E-state index in [4.69, 9.17) is 31.5 Å². The second-order valence-electron chi connectivity index (χ2n) is 9.96. The summed E-state index contributed by atoms with van der Waals surface area (Å²) in [5.74, 6) is -1.00. The molecular weight excluding hydrogens is 578 g/mol. The van der Waals surface area contributed by atoms with Crippen LogP contribution in [-0.4, -0.2) is 85.1 Å². The number of benzene rings is 2. The van der Waals surface area contributed by atoms with Gasteiger partial charge in [-0.3, -0.25) is 19.5 Å². The molecule has 1 aromatic heterocycles. The van der Waals surface area contributed by atoms with Gasteiger partial charge in [-0.25, -0.2) is 4.79 Å². The molecule has 2 aromatic carbocycles. The molecule has 0 saturated carbocycles. The van der Waals surface area contributed by atoms with Crippen LogP contribution in [0.5, 0.6) is 5.75 Å². The Bertz CT molecular complexity index is 1420. The number of rotatable bonds is 11. The van der Waals surface area contributed by atoms with E-state index in [1.165, 1.54) is 31.4 Å². The largest absolute Gasteiger partial charge is 0.496 e. The van der Waals surface area contributed by atoms with E-state index in [1.807, 2.05) is 4.90 Å². The highest BCUT2D eigenvalue weighted by Crippen LogP contribution is 2.29. The van der Waals surface area contributed by atoms with Crippen LogP contribution in [0, 0.1) is 0 Å². The Balaban J connectivity index is 1.25. The zero-order valence-electron chi connectivity index (χ0n) is 23.8. The molecule has 0 radical (unpaired) electrons. The third-order valence-electron chi connectivity index (χ3n) is 6.95. The van der Waals surface area contributed by atoms with E-state index in [-0.39, 0.29) is 53.1 Å². The first-order valence-corrected chi connectivity index (χ1v) is 13.9. The predicted molar refractivity (Wildman–Crippen MR) is 160 cm³/mol. The number of aliphatic hydroxyl groups is 1. The van der Waals surface area contributed by atoms with Gasteiger partial charge in [-0.1, -0.05) is 17.7 Å². The molecule has 12 nitrogen and oxygen atoms in total. The number of aromatic nitrogens is 1. The van der Waals surface area contributed by atoms with Crippen molar-refractivity contribution in [1.29, 1.82) is 0 Å². The highest BCUT2D eigenvalue weighted by molar-refractivity contribution is 6.33. The molecule has 2 heterocycles. The molecule has 1 unspecified atom stereocenters. The van der Waals surface area contributed by atoms with Crippen LogP contribution in [-0.2, 0) is 20.7 Å². The number of carbonyl (C=O) groups is 3. The van der Waals surface area contributed by atoms with Crippen LogP contribution in [0.1, 0.15) is 32.8 Å². The summed E-state index contributed by atoms with van der Waals surface area (Å²) in [6.45, 7) is 1.06. The van der Waals surface area contributed by atoms with Gasteiger partial charge < -0.3 is 35.7 Å². The minimum Gasteiger partial charge on any atom is -0.496 e. The van der Waals surface area contributed by atoms with Gasteiger partial charge in [0.1, 0.15) is 5.75 Å². The molecule has 0 bridgehead atoms. The SMILES string of the molecule is COc1cc(N)c(Cl)cc1C(=O)N[C@@H]1CCN(CC(=O)Nc2ccc(C(=O)OC(O)Cc3ccccn3)cc2)C[C@@H]1OC. The normalized spacial score (nSPS) is 17.5. The summed E-state index contributed by atoms with van der Waals surface area (Å²) < 4.78 is 16.0. The third-order valence-corrected chi connectivity index (χ3v) is 7.28. The Morgan fingerprint density at radius 1 is 1.16 bits per heavy atom. The molecule has 0 spiro atoms. The van der Waals surface area contributed by atoms with Gasteiger partial charge in [-0.2, -0.15) is 0 Å². The zero-order valence-corrected chi connectivity index (χ0v) is 24.5. The molecule has 3 atom stereocenters. The van der Waals surface area contributed by atoms with Crippen molar-refractivity contribution in [3.05, 3.63) is 82.6 Å². The van der Waals surface area contributed by atoms with Crippen molar-refractivity contribution >= 4 is 40.8 Å². The van der Waals surface area contributed by atoms with Crippen LogP contribution in [0.15, 0.2) is 60.8 Å². The number of nitrogens with two attached hydrogens (primary N) is 1. The lowest BCUT2D eigenvalue weighted by Gasteiger charge is -2.37. The van der Waals surface area contributed by atoms with Crippen LogP contribution in [0.2, 0.25) is 5.02 Å². The first-order valence-electron chi connectivity index (χ1n) is 13.5. The topological polar surface area (TPSA) is 165 Å². The highest BCUT2D eigenvalue weighted by atomic mass is 35.5. The van der Waals surface area contributed by atoms with Gasteiger partial charge in [0.15, 0.2) is 0 Å². The quantitative estimate of drug-likeness (QED) is 0.144. The second-order valence-corrected chi connectivity index (χ2v) is 10.4. The number of carbonyl (C=O) groups excluding carboxylic acids is 3. The first-order chi connectivity index (χ1) is 20.7. The molecule has 2 amide bonds. The number of nitrogens with one attached hydrogen (secondary N) is 2. The van der Waals surface area contributed by atoms with Crippen LogP contribution < -0.4 is 21.1 Å². The summed E-state index contributed by atoms with van der Waals surface area (Å²) in [4.78, 5) is 44.2. The molecule has 1 aliphatic heterocycles. The number of nitrogens with zero attached hydrogens (tertiary/aromatic N) is 2. The number of esters is 1. The van der Waals surface area contributed by atoms with Gasteiger partial charge in [0.2, 0.25) is 12.2 Å². The van der Waals surface area contributed by atoms with Gasteiger partial charge >= 0.3 is 5.97 Å². The number of likely N-dealkylation sites (tertiary alicyclic amines) is 1. The Hall–Kier alpha value is -4.23. The standard InChI is InChI=1S/C30H34ClN5O7/c1-41-25-15-23(32)22(31)14-21(25)29(39)35-24-10-12-36(16-26(24)42-2)17-27(37)34-19-8-6-18(7-9-19)30(40)43-28(38)13-20-5-3-4-11-33-20/h3-9,11,14-15,24,26,28,38H,10,12-13,16-17,32H2,1-2H3,(H,34,37)(H,35,39)/t24-,26+,28?/m1/s1. The first kappa shape index (κ1) is 31.7. The number of piperidine rings is 1. The third kappa shape index (κ3) is 8.64. The molecule has 1 fully saturated rings. The maximum absolute atomic E-state index is 13.0. The second kappa shape index (κ2) is 14.8. The highest BCUT2D eigenvalue weighted by Gasteiger charge is 2.32. The van der Waals surface area contributed by atoms with Crippen LogP contribution in [0.25, 0.3) is 0 Å². The number of pyridine rings is 1. The molecule has 13 heteroatoms. The molecule has 3 aromatic rings. The van der Waals surface area contributed by atoms with E-state index in [1.54, 1.807) is 43.6 Å². The molecular formula is C30H34ClN5O7. The number of hydrogen-bond donors (Lipinski definition) is 4. The molecule has 43 heavy (non-hydrogen) atoms. The average Bonchev–Trinajstić information content (AvgIpc) is 2.99. The van der Waals surface area contributed by atoms with E-state index in [0.717, 1.165) is 0 Å². The van der Waals surface area contributed by atoms with Gasteiger partial charge in [0.05, 0.1) is 54.1 Å². The predicted octanol–water partition coefficient (Wildman–Crippen LogP) is 2.50. The molecule has 1 saturated heterocycles. The molecule has 228 valence electrons. The summed E-state index contributed by atoms with van der Waals surface area (Å²) in [5.41, 5.74) is 7.71. The number of ether oxygens (including phenoxy) is 3. The molecule has 4 rings (SSSR count). The maximum Gasteiger partial charge on any atom is 0.340 e. The number of methoxy groups -OCH3 is 2. The van der Waals surface area contributed by atoms with Gasteiger partial charge in [0, 0.05) is 43.8 Å². The van der Waals surface area contributed by atoms with Crippen molar-refractivity contribution in [2.24, 2.45) is 0 Å². The summed E-state index contributed by atoms with van der Waals surface area (Å²) in [5, 5.41) is 16.1. The Morgan fingerprint density at radius 3 is 2.60 bits per heavy atom.